The van der Waals surface area contributed by atoms with Crippen LogP contribution in [0.1, 0.15) is 31.2 Å². The lowest BCUT2D eigenvalue weighted by Gasteiger charge is -2.20. The van der Waals surface area contributed by atoms with Crippen LogP contribution in [-0.2, 0) is 6.42 Å². The molecule has 0 atom stereocenters. The van der Waals surface area contributed by atoms with Gasteiger partial charge in [0.1, 0.15) is 0 Å². The fourth-order valence-corrected chi connectivity index (χ4v) is 3.36. The highest BCUT2D eigenvalue weighted by molar-refractivity contribution is 6.35. The van der Waals surface area contributed by atoms with Crippen molar-refractivity contribution in [3.05, 3.63) is 40.0 Å². The second kappa shape index (κ2) is 8.49. The monoisotopic (exact) mass is 365 g/mol. The van der Waals surface area contributed by atoms with Crippen molar-refractivity contribution in [2.24, 2.45) is 0 Å². The Labute approximate surface area is 152 Å². The van der Waals surface area contributed by atoms with Crippen molar-refractivity contribution >= 4 is 35.0 Å². The van der Waals surface area contributed by atoms with Gasteiger partial charge in [-0.1, -0.05) is 42.1 Å². The molecule has 0 spiro atoms. The number of hydrogen-bond acceptors (Lipinski definition) is 5. The van der Waals surface area contributed by atoms with Crippen LogP contribution in [0.5, 0.6) is 0 Å². The Bertz CT molecular complexity index is 672. The molecule has 1 aliphatic rings. The normalized spacial score (nSPS) is 15.2. The maximum Gasteiger partial charge on any atom is 0.244 e. The van der Waals surface area contributed by atoms with E-state index >= 15 is 0 Å². The van der Waals surface area contributed by atoms with Crippen LogP contribution < -0.4 is 10.2 Å². The lowest BCUT2D eigenvalue weighted by molar-refractivity contribution is 0.726. The molecule has 7 heteroatoms. The number of hydrogen-bond donors (Lipinski definition) is 1. The van der Waals surface area contributed by atoms with E-state index in [0.29, 0.717) is 22.5 Å². The third kappa shape index (κ3) is 4.71. The van der Waals surface area contributed by atoms with E-state index < -0.39 is 0 Å². The maximum atomic E-state index is 6.19. The minimum absolute atomic E-state index is 0.557. The lowest BCUT2D eigenvalue weighted by Crippen LogP contribution is -2.25. The van der Waals surface area contributed by atoms with Gasteiger partial charge in [0, 0.05) is 29.7 Å². The Morgan fingerprint density at radius 1 is 1.08 bits per heavy atom. The molecule has 2 heterocycles. The molecule has 0 radical (unpaired) electrons. The molecule has 1 aromatic carbocycles. The first-order chi connectivity index (χ1) is 11.7. The highest BCUT2D eigenvalue weighted by Crippen LogP contribution is 2.21. The molecule has 0 saturated carbocycles. The van der Waals surface area contributed by atoms with Gasteiger partial charge in [-0.25, -0.2) is 0 Å². The SMILES string of the molecule is Clc1ccc(CCNc2nncc(N3CCCCCC3)n2)c(Cl)c1. The summed E-state index contributed by atoms with van der Waals surface area (Å²) in [5.41, 5.74) is 1.05. The van der Waals surface area contributed by atoms with Crippen LogP contribution in [0.25, 0.3) is 0 Å². The number of anilines is 2. The molecule has 2 aromatic rings. The van der Waals surface area contributed by atoms with Crippen molar-refractivity contribution in [1.29, 1.82) is 0 Å². The summed E-state index contributed by atoms with van der Waals surface area (Å²) in [6, 6.07) is 5.55. The summed E-state index contributed by atoms with van der Waals surface area (Å²) in [6.07, 6.45) is 7.52. The van der Waals surface area contributed by atoms with Gasteiger partial charge in [0.25, 0.3) is 0 Å². The van der Waals surface area contributed by atoms with Crippen molar-refractivity contribution in [3.63, 3.8) is 0 Å². The van der Waals surface area contributed by atoms with Crippen LogP contribution in [-0.4, -0.2) is 34.8 Å². The molecule has 0 bridgehead atoms. The molecule has 5 nitrogen and oxygen atoms in total. The van der Waals surface area contributed by atoms with Crippen LogP contribution in [0, 0.1) is 0 Å². The fourth-order valence-electron chi connectivity index (χ4n) is 2.86. The van der Waals surface area contributed by atoms with E-state index in [1.165, 1.54) is 25.7 Å². The number of aromatic nitrogens is 3. The molecular formula is C17H21Cl2N5. The molecule has 128 valence electrons. The zero-order valence-corrected chi connectivity index (χ0v) is 15.0. The molecule has 1 N–H and O–H groups in total. The van der Waals surface area contributed by atoms with E-state index in [-0.39, 0.29) is 0 Å². The Balaban J connectivity index is 1.58. The predicted molar refractivity (Wildman–Crippen MR) is 99.2 cm³/mol. The number of nitrogens with one attached hydrogen (secondary N) is 1. The second-order valence-corrected chi connectivity index (χ2v) is 6.80. The van der Waals surface area contributed by atoms with Crippen LogP contribution in [0.15, 0.2) is 24.4 Å². The summed E-state index contributed by atoms with van der Waals surface area (Å²) in [5, 5.41) is 12.7. The van der Waals surface area contributed by atoms with Gasteiger partial charge in [0.2, 0.25) is 5.95 Å². The zero-order valence-electron chi connectivity index (χ0n) is 13.5. The average molecular weight is 366 g/mol. The minimum atomic E-state index is 0.557. The van der Waals surface area contributed by atoms with Gasteiger partial charge in [-0.15, -0.1) is 5.10 Å². The van der Waals surface area contributed by atoms with E-state index in [4.69, 9.17) is 23.2 Å². The molecule has 3 rings (SSSR count). The van der Waals surface area contributed by atoms with E-state index in [9.17, 15) is 0 Å². The Kier molecular flexibility index (Phi) is 6.10. The molecule has 1 fully saturated rings. The largest absolute Gasteiger partial charge is 0.355 e. The molecular weight excluding hydrogens is 345 g/mol. The second-order valence-electron chi connectivity index (χ2n) is 5.95. The molecule has 1 aromatic heterocycles. The van der Waals surface area contributed by atoms with Crippen molar-refractivity contribution < 1.29 is 0 Å². The summed E-state index contributed by atoms with van der Waals surface area (Å²) in [7, 11) is 0. The van der Waals surface area contributed by atoms with E-state index in [0.717, 1.165) is 30.9 Å². The molecule has 24 heavy (non-hydrogen) atoms. The van der Waals surface area contributed by atoms with Crippen molar-refractivity contribution in [2.75, 3.05) is 29.9 Å². The first kappa shape index (κ1) is 17.2. The molecule has 0 unspecified atom stereocenters. The average Bonchev–Trinajstić information content (AvgIpc) is 2.86. The Morgan fingerprint density at radius 3 is 2.62 bits per heavy atom. The van der Waals surface area contributed by atoms with E-state index in [1.54, 1.807) is 12.3 Å². The first-order valence-corrected chi connectivity index (χ1v) is 9.10. The van der Waals surface area contributed by atoms with Gasteiger partial charge in [-0.2, -0.15) is 10.1 Å². The predicted octanol–water partition coefficient (Wildman–Crippen LogP) is 4.21. The maximum absolute atomic E-state index is 6.19. The molecule has 1 aliphatic heterocycles. The van der Waals surface area contributed by atoms with Gasteiger partial charge >= 0.3 is 0 Å². The molecule has 0 aliphatic carbocycles. The quantitative estimate of drug-likeness (QED) is 0.859. The Hall–Kier alpha value is -1.59. The van der Waals surface area contributed by atoms with Gasteiger partial charge in [-0.3, -0.25) is 0 Å². The fraction of sp³-hybridized carbons (Fsp3) is 0.471. The first-order valence-electron chi connectivity index (χ1n) is 8.35. The van der Waals surface area contributed by atoms with Gasteiger partial charge in [-0.05, 0) is 37.0 Å². The van der Waals surface area contributed by atoms with Crippen LogP contribution in [0.4, 0.5) is 11.8 Å². The van der Waals surface area contributed by atoms with Crippen LogP contribution in [0.2, 0.25) is 10.0 Å². The highest BCUT2D eigenvalue weighted by atomic mass is 35.5. The summed E-state index contributed by atoms with van der Waals surface area (Å²) in [4.78, 5) is 6.89. The number of nitrogens with zero attached hydrogens (tertiary/aromatic N) is 4. The minimum Gasteiger partial charge on any atom is -0.355 e. The number of benzene rings is 1. The molecule has 0 amide bonds. The van der Waals surface area contributed by atoms with Gasteiger partial charge in [0.05, 0.1) is 6.20 Å². The summed E-state index contributed by atoms with van der Waals surface area (Å²) in [5.74, 6) is 1.46. The Morgan fingerprint density at radius 2 is 1.88 bits per heavy atom. The lowest BCUT2D eigenvalue weighted by atomic mass is 10.1. The zero-order chi connectivity index (χ0) is 16.8. The third-order valence-electron chi connectivity index (χ3n) is 4.17. The summed E-state index contributed by atoms with van der Waals surface area (Å²) < 4.78 is 0. The van der Waals surface area contributed by atoms with Crippen LogP contribution in [0.3, 0.4) is 0 Å². The smallest absolute Gasteiger partial charge is 0.244 e. The summed E-state index contributed by atoms with van der Waals surface area (Å²) >= 11 is 12.1. The summed E-state index contributed by atoms with van der Waals surface area (Å²) in [6.45, 7) is 2.77. The molecule has 1 saturated heterocycles. The van der Waals surface area contributed by atoms with Gasteiger partial charge < -0.3 is 10.2 Å². The van der Waals surface area contributed by atoms with E-state index in [2.05, 4.69) is 25.4 Å². The van der Waals surface area contributed by atoms with Crippen molar-refractivity contribution in [3.8, 4) is 0 Å². The highest BCUT2D eigenvalue weighted by Gasteiger charge is 2.12. The van der Waals surface area contributed by atoms with Gasteiger partial charge in [0.15, 0.2) is 5.82 Å². The third-order valence-corrected chi connectivity index (χ3v) is 4.76. The number of rotatable bonds is 5. The van der Waals surface area contributed by atoms with E-state index in [1.807, 2.05) is 12.1 Å². The van der Waals surface area contributed by atoms with Crippen LogP contribution >= 0.6 is 23.2 Å². The van der Waals surface area contributed by atoms with Crippen molar-refractivity contribution in [1.82, 2.24) is 15.2 Å². The van der Waals surface area contributed by atoms with Crippen molar-refractivity contribution in [2.45, 2.75) is 32.1 Å². The topological polar surface area (TPSA) is 53.9 Å². The number of halogens is 2. The standard InChI is InChI=1S/C17H21Cl2N5/c18-14-6-5-13(15(19)11-14)7-8-20-17-22-16(12-21-23-17)24-9-3-1-2-4-10-24/h5-6,11-12H,1-4,7-10H2,(H,20,22,23).